The van der Waals surface area contributed by atoms with Crippen molar-refractivity contribution >= 4 is 25.6 Å². The smallest absolute Gasteiger partial charge is 0.258 e. The van der Waals surface area contributed by atoms with Gasteiger partial charge in [0.25, 0.3) is 8.32 Å². The van der Waals surface area contributed by atoms with Crippen molar-refractivity contribution in [1.29, 1.82) is 0 Å². The maximum Gasteiger partial charge on any atom is 0.258 e. The number of halogens is 1. The molecule has 1 aromatic carbocycles. The molecule has 0 aliphatic carbocycles. The van der Waals surface area contributed by atoms with Gasteiger partial charge in [-0.05, 0) is 41.2 Å². The Morgan fingerprint density at radius 1 is 1.00 bits per heavy atom. The van der Waals surface area contributed by atoms with Gasteiger partial charge in [-0.15, -0.1) is 0 Å². The van der Waals surface area contributed by atoms with E-state index in [2.05, 4.69) is 41.5 Å². The molecule has 0 heterocycles. The number of nitrogens with two attached hydrogens (primary N) is 1. The number of rotatable bonds is 5. The summed E-state index contributed by atoms with van der Waals surface area (Å²) in [5.41, 5.74) is 9.10. The van der Waals surface area contributed by atoms with E-state index in [1.54, 1.807) is 0 Å². The molecule has 0 unspecified atom stereocenters. The standard InChI is InChI=1S/C16H28ClNOSi/c1-10(2)20(11(3)4,12(5)6)19-15-9-8-14(18)13(7)16(15)17/h8-12H,18H2,1-7H3. The second-order valence-electron chi connectivity index (χ2n) is 6.51. The van der Waals surface area contributed by atoms with Gasteiger partial charge in [-0.1, -0.05) is 53.1 Å². The molecular weight excluding hydrogens is 286 g/mol. The normalized spacial score (nSPS) is 12.6. The van der Waals surface area contributed by atoms with Crippen LogP contribution in [0.3, 0.4) is 0 Å². The van der Waals surface area contributed by atoms with E-state index < -0.39 is 8.32 Å². The van der Waals surface area contributed by atoms with Crippen LogP contribution in [-0.4, -0.2) is 8.32 Å². The Balaban J connectivity index is 3.31. The number of nitrogen functional groups attached to an aromatic ring is 1. The quantitative estimate of drug-likeness (QED) is 0.552. The zero-order valence-corrected chi connectivity index (χ0v) is 15.5. The average Bonchev–Trinajstić information content (AvgIpc) is 2.34. The first kappa shape index (κ1) is 17.4. The number of anilines is 1. The van der Waals surface area contributed by atoms with E-state index in [9.17, 15) is 0 Å². The van der Waals surface area contributed by atoms with Gasteiger partial charge in [0.2, 0.25) is 0 Å². The molecule has 0 bridgehead atoms. The van der Waals surface area contributed by atoms with Gasteiger partial charge in [0.15, 0.2) is 0 Å². The van der Waals surface area contributed by atoms with Gasteiger partial charge in [-0.25, -0.2) is 0 Å². The molecule has 4 heteroatoms. The van der Waals surface area contributed by atoms with Crippen molar-refractivity contribution in [3.05, 3.63) is 22.7 Å². The number of hydrogen-bond acceptors (Lipinski definition) is 2. The molecule has 0 aliphatic heterocycles. The molecule has 0 fully saturated rings. The molecule has 1 rings (SSSR count). The molecule has 2 N–H and O–H groups in total. The van der Waals surface area contributed by atoms with Crippen LogP contribution in [0.15, 0.2) is 12.1 Å². The fourth-order valence-corrected chi connectivity index (χ4v) is 8.83. The summed E-state index contributed by atoms with van der Waals surface area (Å²) < 4.78 is 6.60. The van der Waals surface area contributed by atoms with Gasteiger partial charge in [0.05, 0.1) is 5.02 Å². The Bertz CT molecular complexity index is 450. The van der Waals surface area contributed by atoms with Gasteiger partial charge < -0.3 is 10.2 Å². The molecule has 2 nitrogen and oxygen atoms in total. The van der Waals surface area contributed by atoms with E-state index >= 15 is 0 Å². The van der Waals surface area contributed by atoms with Crippen LogP contribution in [0.5, 0.6) is 5.75 Å². The molecule has 0 aliphatic rings. The molecule has 0 atom stereocenters. The van der Waals surface area contributed by atoms with Crippen LogP contribution in [0, 0.1) is 6.92 Å². The van der Waals surface area contributed by atoms with Crippen LogP contribution >= 0.6 is 11.6 Å². The Labute approximate surface area is 129 Å². The summed E-state index contributed by atoms with van der Waals surface area (Å²) in [4.78, 5) is 0. The Kier molecular flexibility index (Phi) is 5.56. The molecule has 0 radical (unpaired) electrons. The first-order valence-corrected chi connectivity index (χ1v) is 9.89. The predicted octanol–water partition coefficient (Wildman–Crippen LogP) is 5.78. The highest BCUT2D eigenvalue weighted by Gasteiger charge is 2.47. The zero-order valence-electron chi connectivity index (χ0n) is 13.8. The Hall–Kier alpha value is -0.673. The van der Waals surface area contributed by atoms with Crippen LogP contribution in [-0.2, 0) is 0 Å². The molecule has 1 aromatic rings. The van der Waals surface area contributed by atoms with Crippen molar-refractivity contribution in [3.63, 3.8) is 0 Å². The number of benzene rings is 1. The van der Waals surface area contributed by atoms with E-state index in [4.69, 9.17) is 21.8 Å². The fourth-order valence-electron chi connectivity index (χ4n) is 3.30. The third-order valence-corrected chi connectivity index (χ3v) is 10.8. The summed E-state index contributed by atoms with van der Waals surface area (Å²) >= 11 is 6.44. The number of hydrogen-bond donors (Lipinski definition) is 1. The lowest BCUT2D eigenvalue weighted by Gasteiger charge is -2.42. The van der Waals surface area contributed by atoms with Gasteiger partial charge in [-0.2, -0.15) is 0 Å². The Morgan fingerprint density at radius 2 is 1.45 bits per heavy atom. The van der Waals surface area contributed by atoms with Crippen molar-refractivity contribution in [3.8, 4) is 5.75 Å². The second kappa shape index (κ2) is 6.40. The Morgan fingerprint density at radius 3 is 1.85 bits per heavy atom. The van der Waals surface area contributed by atoms with Crippen molar-refractivity contribution < 1.29 is 4.43 Å². The SMILES string of the molecule is Cc1c(N)ccc(O[Si](C(C)C)(C(C)C)C(C)C)c1Cl. The molecular formula is C16H28ClNOSi. The third kappa shape index (κ3) is 2.99. The minimum atomic E-state index is -1.97. The summed E-state index contributed by atoms with van der Waals surface area (Å²) in [7, 11) is -1.97. The second-order valence-corrected chi connectivity index (χ2v) is 12.3. The van der Waals surface area contributed by atoms with Crippen LogP contribution in [0.4, 0.5) is 5.69 Å². The summed E-state index contributed by atoms with van der Waals surface area (Å²) in [6.07, 6.45) is 0. The van der Waals surface area contributed by atoms with Crippen molar-refractivity contribution in [2.45, 2.75) is 65.1 Å². The van der Waals surface area contributed by atoms with Crippen LogP contribution in [0.1, 0.15) is 47.1 Å². The van der Waals surface area contributed by atoms with E-state index in [1.165, 1.54) is 0 Å². The maximum atomic E-state index is 6.60. The lowest BCUT2D eigenvalue weighted by Crippen LogP contribution is -2.50. The molecule has 0 saturated heterocycles. The van der Waals surface area contributed by atoms with E-state index in [1.807, 2.05) is 19.1 Å². The van der Waals surface area contributed by atoms with Crippen LogP contribution in [0.2, 0.25) is 21.6 Å². The fraction of sp³-hybridized carbons (Fsp3) is 0.625. The largest absolute Gasteiger partial charge is 0.542 e. The minimum Gasteiger partial charge on any atom is -0.542 e. The molecule has 114 valence electrons. The van der Waals surface area contributed by atoms with Gasteiger partial charge in [-0.3, -0.25) is 0 Å². The average molecular weight is 314 g/mol. The highest BCUT2D eigenvalue weighted by atomic mass is 35.5. The lowest BCUT2D eigenvalue weighted by atomic mass is 10.2. The lowest BCUT2D eigenvalue weighted by molar-refractivity contribution is 0.480. The summed E-state index contributed by atoms with van der Waals surface area (Å²) in [6, 6.07) is 3.80. The zero-order chi connectivity index (χ0) is 15.7. The molecule has 0 saturated carbocycles. The first-order valence-electron chi connectivity index (χ1n) is 7.38. The maximum absolute atomic E-state index is 6.60. The summed E-state index contributed by atoms with van der Waals surface area (Å²) in [5.74, 6) is 0.793. The topological polar surface area (TPSA) is 35.2 Å². The molecule has 0 aromatic heterocycles. The van der Waals surface area contributed by atoms with Gasteiger partial charge in [0.1, 0.15) is 5.75 Å². The molecule has 20 heavy (non-hydrogen) atoms. The van der Waals surface area contributed by atoms with E-state index in [0.717, 1.165) is 11.3 Å². The summed E-state index contributed by atoms with van der Waals surface area (Å²) in [6.45, 7) is 15.5. The molecule has 0 spiro atoms. The van der Waals surface area contributed by atoms with E-state index in [-0.39, 0.29) is 0 Å². The molecule has 0 amide bonds. The summed E-state index contributed by atoms with van der Waals surface area (Å²) in [5, 5.41) is 0.656. The highest BCUT2D eigenvalue weighted by Crippen LogP contribution is 2.44. The third-order valence-electron chi connectivity index (χ3n) is 4.39. The van der Waals surface area contributed by atoms with Gasteiger partial charge in [0, 0.05) is 5.69 Å². The van der Waals surface area contributed by atoms with Crippen LogP contribution < -0.4 is 10.2 Å². The monoisotopic (exact) mass is 313 g/mol. The first-order chi connectivity index (χ1) is 9.14. The minimum absolute atomic E-state index is 0.524. The van der Waals surface area contributed by atoms with Gasteiger partial charge >= 0.3 is 0 Å². The van der Waals surface area contributed by atoms with Crippen molar-refractivity contribution in [1.82, 2.24) is 0 Å². The predicted molar refractivity (Wildman–Crippen MR) is 92.3 cm³/mol. The van der Waals surface area contributed by atoms with Crippen molar-refractivity contribution in [2.24, 2.45) is 0 Å². The van der Waals surface area contributed by atoms with Crippen molar-refractivity contribution in [2.75, 3.05) is 5.73 Å². The highest BCUT2D eigenvalue weighted by molar-refractivity contribution is 6.78. The van der Waals surface area contributed by atoms with E-state index in [0.29, 0.717) is 27.3 Å². The van der Waals surface area contributed by atoms with Crippen LogP contribution in [0.25, 0.3) is 0 Å².